The Bertz CT molecular complexity index is 877. The van der Waals surface area contributed by atoms with Crippen LogP contribution in [0.4, 0.5) is 0 Å². The topological polar surface area (TPSA) is 63.2 Å². The van der Waals surface area contributed by atoms with Crippen molar-refractivity contribution in [2.45, 2.75) is 31.5 Å². The Morgan fingerprint density at radius 2 is 1.77 bits per heavy atom. The normalized spacial score (nSPS) is 18.0. The third-order valence-electron chi connectivity index (χ3n) is 5.49. The first-order valence-electron chi connectivity index (χ1n) is 10.7. The van der Waals surface area contributed by atoms with Crippen molar-refractivity contribution in [1.82, 2.24) is 10.2 Å². The summed E-state index contributed by atoms with van der Waals surface area (Å²) in [7, 11) is 0. The van der Waals surface area contributed by atoms with E-state index in [0.29, 0.717) is 29.0 Å². The number of nitrogens with zero attached hydrogens (tertiary/aromatic N) is 1. The lowest BCUT2D eigenvalue weighted by molar-refractivity contribution is 0.0631. The van der Waals surface area contributed by atoms with E-state index in [4.69, 9.17) is 37.4 Å². The van der Waals surface area contributed by atoms with Gasteiger partial charge in [0.25, 0.3) is 0 Å². The van der Waals surface area contributed by atoms with Gasteiger partial charge in [0.1, 0.15) is 31.8 Å². The standard InChI is InChI=1S/C23H28Cl2N2O4/c24-19-5-4-18(13-20(19)25)31-15-23(28)26-17(14-27-7-1-2-8-27)11-16-3-6-21-22(12-16)30-10-9-29-21/h3-6,12-13,17,23,26,28H,1-2,7-11,14-15H2/t17-,23?/m0/s1. The van der Waals surface area contributed by atoms with Gasteiger partial charge < -0.3 is 24.2 Å². The SMILES string of the molecule is OC(COc1ccc(Cl)c(Cl)c1)N[C@@H](Cc1ccc2c(c1)OCCO2)CN1CCCC1. The molecule has 1 unspecified atom stereocenters. The molecule has 0 spiro atoms. The van der Waals surface area contributed by atoms with Crippen LogP contribution in [0.2, 0.25) is 10.0 Å². The van der Waals surface area contributed by atoms with Gasteiger partial charge in [0, 0.05) is 18.7 Å². The molecule has 0 bridgehead atoms. The number of rotatable bonds is 9. The van der Waals surface area contributed by atoms with Gasteiger partial charge in [-0.3, -0.25) is 5.32 Å². The first-order chi connectivity index (χ1) is 15.1. The molecule has 2 aromatic carbocycles. The predicted molar refractivity (Wildman–Crippen MR) is 122 cm³/mol. The molecule has 2 atom stereocenters. The largest absolute Gasteiger partial charge is 0.489 e. The number of benzene rings is 2. The van der Waals surface area contributed by atoms with Crippen LogP contribution in [0.15, 0.2) is 36.4 Å². The number of halogens is 2. The molecule has 4 rings (SSSR count). The Morgan fingerprint density at radius 1 is 1.00 bits per heavy atom. The van der Waals surface area contributed by atoms with E-state index in [0.717, 1.165) is 43.1 Å². The lowest BCUT2D eigenvalue weighted by Gasteiger charge is -2.27. The number of aliphatic hydroxyl groups excluding tert-OH is 1. The number of hydrogen-bond acceptors (Lipinski definition) is 6. The fraction of sp³-hybridized carbons (Fsp3) is 0.478. The molecule has 2 aliphatic heterocycles. The van der Waals surface area contributed by atoms with Crippen LogP contribution in [-0.4, -0.2) is 61.7 Å². The van der Waals surface area contributed by atoms with Crippen molar-refractivity contribution in [3.8, 4) is 17.2 Å². The minimum Gasteiger partial charge on any atom is -0.489 e. The zero-order valence-corrected chi connectivity index (χ0v) is 18.9. The van der Waals surface area contributed by atoms with Gasteiger partial charge in [0.05, 0.1) is 10.0 Å². The molecular weight excluding hydrogens is 439 g/mol. The van der Waals surface area contributed by atoms with Crippen LogP contribution >= 0.6 is 23.2 Å². The van der Waals surface area contributed by atoms with E-state index < -0.39 is 6.23 Å². The molecule has 0 aliphatic carbocycles. The minimum atomic E-state index is -0.820. The van der Waals surface area contributed by atoms with Crippen molar-refractivity contribution in [3.63, 3.8) is 0 Å². The second-order valence-corrected chi connectivity index (χ2v) is 8.77. The summed E-state index contributed by atoms with van der Waals surface area (Å²) in [6.45, 7) is 4.30. The number of hydrogen-bond donors (Lipinski definition) is 2. The van der Waals surface area contributed by atoms with E-state index in [1.165, 1.54) is 12.8 Å². The molecule has 8 heteroatoms. The number of likely N-dealkylation sites (tertiary alicyclic amines) is 1. The highest BCUT2D eigenvalue weighted by molar-refractivity contribution is 6.42. The van der Waals surface area contributed by atoms with E-state index in [9.17, 15) is 5.11 Å². The van der Waals surface area contributed by atoms with Gasteiger partial charge in [-0.05, 0) is 62.2 Å². The van der Waals surface area contributed by atoms with Gasteiger partial charge >= 0.3 is 0 Å². The Kier molecular flexibility index (Phi) is 7.80. The monoisotopic (exact) mass is 466 g/mol. The average molecular weight is 467 g/mol. The molecule has 0 aromatic heterocycles. The van der Waals surface area contributed by atoms with Crippen LogP contribution in [0.5, 0.6) is 17.2 Å². The maximum Gasteiger partial charge on any atom is 0.161 e. The van der Waals surface area contributed by atoms with Crippen molar-refractivity contribution >= 4 is 23.2 Å². The van der Waals surface area contributed by atoms with Gasteiger partial charge in [-0.1, -0.05) is 29.3 Å². The third kappa shape index (κ3) is 6.40. The number of ether oxygens (including phenoxy) is 3. The van der Waals surface area contributed by atoms with Gasteiger partial charge in [0.2, 0.25) is 0 Å². The molecule has 2 N–H and O–H groups in total. The lowest BCUT2D eigenvalue weighted by atomic mass is 10.0. The zero-order chi connectivity index (χ0) is 21.6. The van der Waals surface area contributed by atoms with E-state index in [1.54, 1.807) is 18.2 Å². The van der Waals surface area contributed by atoms with Gasteiger partial charge in [-0.2, -0.15) is 0 Å². The second kappa shape index (κ2) is 10.7. The number of nitrogens with one attached hydrogen (secondary N) is 1. The lowest BCUT2D eigenvalue weighted by Crippen LogP contribution is -2.48. The molecular formula is C23H28Cl2N2O4. The van der Waals surface area contributed by atoms with Crippen LogP contribution in [0, 0.1) is 0 Å². The highest BCUT2D eigenvalue weighted by Gasteiger charge is 2.21. The van der Waals surface area contributed by atoms with Crippen LogP contribution in [0.25, 0.3) is 0 Å². The molecule has 1 fully saturated rings. The van der Waals surface area contributed by atoms with Crippen LogP contribution < -0.4 is 19.5 Å². The Balaban J connectivity index is 1.37. The van der Waals surface area contributed by atoms with Crippen molar-refractivity contribution in [2.24, 2.45) is 0 Å². The summed E-state index contributed by atoms with van der Waals surface area (Å²) < 4.78 is 17.0. The van der Waals surface area contributed by atoms with E-state index >= 15 is 0 Å². The highest BCUT2D eigenvalue weighted by atomic mass is 35.5. The highest BCUT2D eigenvalue weighted by Crippen LogP contribution is 2.31. The summed E-state index contributed by atoms with van der Waals surface area (Å²) in [6, 6.07) is 11.2. The van der Waals surface area contributed by atoms with Crippen molar-refractivity contribution < 1.29 is 19.3 Å². The molecule has 6 nitrogen and oxygen atoms in total. The van der Waals surface area contributed by atoms with Crippen molar-refractivity contribution in [1.29, 1.82) is 0 Å². The van der Waals surface area contributed by atoms with Crippen LogP contribution in [0.3, 0.4) is 0 Å². The molecule has 168 valence electrons. The van der Waals surface area contributed by atoms with Crippen molar-refractivity contribution in [3.05, 3.63) is 52.0 Å². The molecule has 0 saturated carbocycles. The molecule has 1 saturated heterocycles. The average Bonchev–Trinajstić information content (AvgIpc) is 3.27. The smallest absolute Gasteiger partial charge is 0.161 e. The van der Waals surface area contributed by atoms with E-state index in [2.05, 4.69) is 16.3 Å². The Labute approximate surface area is 193 Å². The Morgan fingerprint density at radius 3 is 2.55 bits per heavy atom. The summed E-state index contributed by atoms with van der Waals surface area (Å²) >= 11 is 12.0. The number of aliphatic hydroxyl groups is 1. The van der Waals surface area contributed by atoms with E-state index in [-0.39, 0.29) is 12.6 Å². The molecule has 2 heterocycles. The van der Waals surface area contributed by atoms with Crippen LogP contribution in [0.1, 0.15) is 18.4 Å². The molecule has 0 amide bonds. The maximum absolute atomic E-state index is 10.6. The number of fused-ring (bicyclic) bond motifs is 1. The van der Waals surface area contributed by atoms with Crippen LogP contribution in [-0.2, 0) is 6.42 Å². The zero-order valence-electron chi connectivity index (χ0n) is 17.4. The van der Waals surface area contributed by atoms with Gasteiger partial charge in [0.15, 0.2) is 11.5 Å². The fourth-order valence-electron chi connectivity index (χ4n) is 4.01. The summed E-state index contributed by atoms with van der Waals surface area (Å²) in [5.41, 5.74) is 1.14. The molecule has 2 aliphatic rings. The predicted octanol–water partition coefficient (Wildman–Crippen LogP) is 3.76. The van der Waals surface area contributed by atoms with Gasteiger partial charge in [-0.25, -0.2) is 0 Å². The third-order valence-corrected chi connectivity index (χ3v) is 6.23. The summed E-state index contributed by atoms with van der Waals surface area (Å²) in [6.07, 6.45) is 2.38. The minimum absolute atomic E-state index is 0.0630. The molecule has 2 aromatic rings. The van der Waals surface area contributed by atoms with Crippen molar-refractivity contribution in [2.75, 3.05) is 39.5 Å². The summed E-state index contributed by atoms with van der Waals surface area (Å²) in [5.74, 6) is 2.14. The Hall–Kier alpha value is -1.70. The fourth-order valence-corrected chi connectivity index (χ4v) is 4.30. The summed E-state index contributed by atoms with van der Waals surface area (Å²) in [4.78, 5) is 2.43. The van der Waals surface area contributed by atoms with Gasteiger partial charge in [-0.15, -0.1) is 0 Å². The van der Waals surface area contributed by atoms with E-state index in [1.807, 2.05) is 12.1 Å². The first kappa shape index (κ1) is 22.5. The maximum atomic E-state index is 10.6. The summed E-state index contributed by atoms with van der Waals surface area (Å²) in [5, 5.41) is 14.8. The quantitative estimate of drug-likeness (QED) is 0.548. The first-order valence-corrected chi connectivity index (χ1v) is 11.5. The molecule has 31 heavy (non-hydrogen) atoms. The second-order valence-electron chi connectivity index (χ2n) is 7.96. The molecule has 0 radical (unpaired) electrons.